The Kier molecular flexibility index (Phi) is 6.70. The Morgan fingerprint density at radius 2 is 1.50 bits per heavy atom. The Balaban J connectivity index is 2.30. The Labute approximate surface area is 135 Å². The second-order valence-corrected chi connectivity index (χ2v) is 6.62. The van der Waals surface area contributed by atoms with E-state index < -0.39 is 0 Å². The molecule has 0 heterocycles. The monoisotopic (exact) mass is 298 g/mol. The fourth-order valence-corrected chi connectivity index (χ4v) is 3.18. The average molecular weight is 298 g/mol. The van der Waals surface area contributed by atoms with Crippen LogP contribution in [0, 0.1) is 5.41 Å². The van der Waals surface area contributed by atoms with Crippen LogP contribution in [0.4, 0.5) is 0 Å². The van der Waals surface area contributed by atoms with Gasteiger partial charge < -0.3 is 5.32 Å². The third-order valence-electron chi connectivity index (χ3n) is 4.29. The Hall–Kier alpha value is -1.57. The fraction of sp³-hybridized carbons (Fsp3) is 0.550. The molecule has 0 fully saturated rings. The van der Waals surface area contributed by atoms with Crippen LogP contribution in [0.3, 0.4) is 0 Å². The Bertz CT molecular complexity index is 500. The van der Waals surface area contributed by atoms with Gasteiger partial charge in [-0.15, -0.1) is 0 Å². The molecular formula is C20H30N2. The van der Waals surface area contributed by atoms with E-state index in [1.54, 1.807) is 0 Å². The van der Waals surface area contributed by atoms with Crippen molar-refractivity contribution in [2.45, 2.75) is 71.3 Å². The summed E-state index contributed by atoms with van der Waals surface area (Å²) >= 11 is 0. The highest BCUT2D eigenvalue weighted by Gasteiger charge is 2.15. The normalized spacial score (nSPS) is 20.7. The average Bonchev–Trinajstić information content (AvgIpc) is 2.53. The zero-order valence-corrected chi connectivity index (χ0v) is 14.1. The minimum Gasteiger partial charge on any atom is -0.386 e. The van der Waals surface area contributed by atoms with E-state index in [0.717, 1.165) is 18.4 Å². The summed E-state index contributed by atoms with van der Waals surface area (Å²) in [5, 5.41) is 12.3. The Morgan fingerprint density at radius 3 is 2.14 bits per heavy atom. The predicted molar refractivity (Wildman–Crippen MR) is 95.5 cm³/mol. The predicted octanol–water partition coefficient (Wildman–Crippen LogP) is 5.44. The van der Waals surface area contributed by atoms with E-state index >= 15 is 0 Å². The van der Waals surface area contributed by atoms with Crippen molar-refractivity contribution in [3.63, 3.8) is 0 Å². The van der Waals surface area contributed by atoms with Crippen molar-refractivity contribution in [3.8, 4) is 0 Å². The number of benzene rings is 1. The number of rotatable bonds is 4. The molecule has 2 N–H and O–H groups in total. The van der Waals surface area contributed by atoms with Gasteiger partial charge in [-0.05, 0) is 50.7 Å². The molecule has 0 saturated heterocycles. The van der Waals surface area contributed by atoms with Crippen LogP contribution in [0.5, 0.6) is 0 Å². The van der Waals surface area contributed by atoms with Gasteiger partial charge in [0.15, 0.2) is 0 Å². The topological polar surface area (TPSA) is 35.9 Å². The van der Waals surface area contributed by atoms with Gasteiger partial charge in [-0.2, -0.15) is 0 Å². The SMILES string of the molecule is CC(C)N/C1=C(\C(=N)c2ccccc2)CCCCCCCC1. The van der Waals surface area contributed by atoms with Crippen molar-refractivity contribution in [1.82, 2.24) is 5.32 Å². The second-order valence-electron chi connectivity index (χ2n) is 6.62. The first-order chi connectivity index (χ1) is 10.7. The summed E-state index contributed by atoms with van der Waals surface area (Å²) in [5.74, 6) is 0. The molecule has 120 valence electrons. The summed E-state index contributed by atoms with van der Waals surface area (Å²) in [6.45, 7) is 4.38. The zero-order valence-electron chi connectivity index (χ0n) is 14.1. The molecule has 1 aromatic rings. The van der Waals surface area contributed by atoms with E-state index in [-0.39, 0.29) is 0 Å². The van der Waals surface area contributed by atoms with E-state index in [1.165, 1.54) is 49.8 Å². The molecule has 2 nitrogen and oxygen atoms in total. The quantitative estimate of drug-likeness (QED) is 0.713. The van der Waals surface area contributed by atoms with E-state index in [1.807, 2.05) is 18.2 Å². The lowest BCUT2D eigenvalue weighted by Crippen LogP contribution is -2.25. The molecule has 1 aliphatic carbocycles. The van der Waals surface area contributed by atoms with E-state index in [2.05, 4.69) is 31.3 Å². The lowest BCUT2D eigenvalue weighted by molar-refractivity contribution is 0.553. The smallest absolute Gasteiger partial charge is 0.0661 e. The van der Waals surface area contributed by atoms with Crippen LogP contribution in [0.15, 0.2) is 41.6 Å². The summed E-state index contributed by atoms with van der Waals surface area (Å²) < 4.78 is 0. The van der Waals surface area contributed by atoms with Gasteiger partial charge in [-0.25, -0.2) is 0 Å². The zero-order chi connectivity index (χ0) is 15.8. The standard InChI is InChI=1S/C20H30N2/c1-16(2)22-19-15-11-6-4-3-5-10-14-18(19)20(21)17-12-8-7-9-13-17/h7-9,12-13,16,21-22H,3-6,10-11,14-15H2,1-2H3/b19-18-,21-20?. The van der Waals surface area contributed by atoms with Crippen LogP contribution >= 0.6 is 0 Å². The molecule has 0 saturated carbocycles. The molecule has 0 bridgehead atoms. The largest absolute Gasteiger partial charge is 0.386 e. The molecule has 0 aliphatic heterocycles. The van der Waals surface area contributed by atoms with E-state index in [9.17, 15) is 0 Å². The minimum absolute atomic E-state index is 0.427. The van der Waals surface area contributed by atoms with Crippen LogP contribution in [0.25, 0.3) is 0 Å². The highest BCUT2D eigenvalue weighted by molar-refractivity contribution is 6.10. The van der Waals surface area contributed by atoms with Gasteiger partial charge in [0.25, 0.3) is 0 Å². The highest BCUT2D eigenvalue weighted by atomic mass is 14.9. The minimum atomic E-state index is 0.427. The van der Waals surface area contributed by atoms with Gasteiger partial charge in [-0.3, -0.25) is 5.41 Å². The maximum atomic E-state index is 8.70. The van der Waals surface area contributed by atoms with Crippen molar-refractivity contribution < 1.29 is 0 Å². The van der Waals surface area contributed by atoms with Gasteiger partial charge in [-0.1, -0.05) is 56.0 Å². The first-order valence-electron chi connectivity index (χ1n) is 8.81. The molecule has 0 aromatic heterocycles. The summed E-state index contributed by atoms with van der Waals surface area (Å²) in [4.78, 5) is 0. The Morgan fingerprint density at radius 1 is 0.909 bits per heavy atom. The van der Waals surface area contributed by atoms with E-state index in [0.29, 0.717) is 11.8 Å². The lowest BCUT2D eigenvalue weighted by Gasteiger charge is -2.22. The molecule has 1 aliphatic rings. The maximum Gasteiger partial charge on any atom is 0.0661 e. The molecule has 0 unspecified atom stereocenters. The fourth-order valence-electron chi connectivity index (χ4n) is 3.18. The van der Waals surface area contributed by atoms with E-state index in [4.69, 9.17) is 5.41 Å². The molecule has 1 aromatic carbocycles. The summed E-state index contributed by atoms with van der Waals surface area (Å²) in [6, 6.07) is 10.6. The summed E-state index contributed by atoms with van der Waals surface area (Å²) in [7, 11) is 0. The number of hydrogen-bond donors (Lipinski definition) is 2. The first-order valence-corrected chi connectivity index (χ1v) is 8.81. The van der Waals surface area contributed by atoms with Crippen LogP contribution in [-0.4, -0.2) is 11.8 Å². The number of nitrogens with one attached hydrogen (secondary N) is 2. The third-order valence-corrected chi connectivity index (χ3v) is 4.29. The van der Waals surface area contributed by atoms with Crippen LogP contribution in [0.1, 0.15) is 70.8 Å². The van der Waals surface area contributed by atoms with Crippen LogP contribution in [0.2, 0.25) is 0 Å². The molecule has 22 heavy (non-hydrogen) atoms. The van der Waals surface area contributed by atoms with Gasteiger partial charge in [0.2, 0.25) is 0 Å². The summed E-state index contributed by atoms with van der Waals surface area (Å²) in [5.41, 5.74) is 4.30. The first kappa shape index (κ1) is 16.8. The molecule has 0 spiro atoms. The van der Waals surface area contributed by atoms with Gasteiger partial charge in [0.05, 0.1) is 5.71 Å². The molecule has 0 atom stereocenters. The van der Waals surface area contributed by atoms with Crippen molar-refractivity contribution in [2.24, 2.45) is 0 Å². The second kappa shape index (κ2) is 8.77. The summed E-state index contributed by atoms with van der Waals surface area (Å²) in [6.07, 6.45) is 9.87. The molecule has 0 amide bonds. The van der Waals surface area contributed by atoms with Crippen molar-refractivity contribution in [1.29, 1.82) is 5.41 Å². The molecular weight excluding hydrogens is 268 g/mol. The number of allylic oxidation sites excluding steroid dienone is 2. The molecule has 0 radical (unpaired) electrons. The van der Waals surface area contributed by atoms with Crippen molar-refractivity contribution >= 4 is 5.71 Å². The molecule has 2 heteroatoms. The van der Waals surface area contributed by atoms with Gasteiger partial charge in [0.1, 0.15) is 0 Å². The van der Waals surface area contributed by atoms with Crippen LogP contribution in [-0.2, 0) is 0 Å². The number of hydrogen-bond acceptors (Lipinski definition) is 2. The highest BCUT2D eigenvalue weighted by Crippen LogP contribution is 2.24. The van der Waals surface area contributed by atoms with Crippen molar-refractivity contribution in [3.05, 3.63) is 47.2 Å². The van der Waals surface area contributed by atoms with Crippen molar-refractivity contribution in [2.75, 3.05) is 0 Å². The van der Waals surface area contributed by atoms with Gasteiger partial charge >= 0.3 is 0 Å². The lowest BCUT2D eigenvalue weighted by atomic mass is 9.92. The maximum absolute atomic E-state index is 8.70. The van der Waals surface area contributed by atoms with Gasteiger partial charge in [0, 0.05) is 11.7 Å². The molecule has 2 rings (SSSR count). The van der Waals surface area contributed by atoms with Crippen LogP contribution < -0.4 is 5.32 Å². The third kappa shape index (κ3) is 5.01.